The van der Waals surface area contributed by atoms with Crippen LogP contribution in [0.15, 0.2) is 72.1 Å². The predicted molar refractivity (Wildman–Crippen MR) is 87.9 cm³/mol. The van der Waals surface area contributed by atoms with E-state index in [2.05, 4.69) is 27.6 Å². The van der Waals surface area contributed by atoms with Gasteiger partial charge in [-0.1, -0.05) is 42.5 Å². The molecule has 108 valence electrons. The Morgan fingerprint density at radius 2 is 1.73 bits per heavy atom. The molecule has 3 aromatic rings. The standard InChI is InChI=1S/C18H15N3O/c1-13(20-21-18(22)15-9-11-19-12-10-15)16-8-4-6-14-5-2-3-7-17(14)16/h2-12H,1H3,(H,21,22)/b20-13-. The van der Waals surface area contributed by atoms with E-state index in [0.29, 0.717) is 5.56 Å². The van der Waals surface area contributed by atoms with Crippen LogP contribution in [0.2, 0.25) is 0 Å². The van der Waals surface area contributed by atoms with Gasteiger partial charge in [0.05, 0.1) is 5.71 Å². The summed E-state index contributed by atoms with van der Waals surface area (Å²) in [5.74, 6) is -0.248. The van der Waals surface area contributed by atoms with Gasteiger partial charge in [-0.05, 0) is 29.8 Å². The fourth-order valence-corrected chi connectivity index (χ4v) is 2.30. The van der Waals surface area contributed by atoms with Crippen molar-refractivity contribution in [3.8, 4) is 0 Å². The maximum atomic E-state index is 12.0. The minimum atomic E-state index is -0.248. The van der Waals surface area contributed by atoms with Gasteiger partial charge in [0.1, 0.15) is 0 Å². The van der Waals surface area contributed by atoms with Crippen LogP contribution < -0.4 is 5.43 Å². The number of hydrogen-bond acceptors (Lipinski definition) is 3. The molecule has 0 saturated heterocycles. The van der Waals surface area contributed by atoms with Gasteiger partial charge in [0, 0.05) is 23.5 Å². The minimum absolute atomic E-state index is 0.248. The van der Waals surface area contributed by atoms with Gasteiger partial charge in [0.25, 0.3) is 5.91 Å². The normalized spacial score (nSPS) is 11.4. The number of rotatable bonds is 3. The topological polar surface area (TPSA) is 54.4 Å². The van der Waals surface area contributed by atoms with Crippen LogP contribution in [0.25, 0.3) is 10.8 Å². The number of hydrogen-bond donors (Lipinski definition) is 1. The highest BCUT2D eigenvalue weighted by Gasteiger charge is 2.06. The van der Waals surface area contributed by atoms with Crippen LogP contribution in [0.4, 0.5) is 0 Å². The van der Waals surface area contributed by atoms with Crippen LogP contribution in [0.5, 0.6) is 0 Å². The number of amides is 1. The van der Waals surface area contributed by atoms with Crippen molar-refractivity contribution < 1.29 is 4.79 Å². The second-order valence-corrected chi connectivity index (χ2v) is 4.90. The summed E-state index contributed by atoms with van der Waals surface area (Å²) in [5, 5.41) is 6.48. The highest BCUT2D eigenvalue weighted by Crippen LogP contribution is 2.19. The summed E-state index contributed by atoms with van der Waals surface area (Å²) < 4.78 is 0. The Labute approximate surface area is 128 Å². The molecule has 0 aliphatic carbocycles. The first kappa shape index (κ1) is 13.9. The quantitative estimate of drug-likeness (QED) is 0.593. The first-order chi connectivity index (χ1) is 10.8. The van der Waals surface area contributed by atoms with Crippen LogP contribution >= 0.6 is 0 Å². The molecule has 3 rings (SSSR count). The third-order valence-corrected chi connectivity index (χ3v) is 3.45. The SMILES string of the molecule is C/C(=N/NC(=O)c1ccncc1)c1cccc2ccccc12. The lowest BCUT2D eigenvalue weighted by atomic mass is 10.0. The second kappa shape index (κ2) is 6.18. The zero-order chi connectivity index (χ0) is 15.4. The van der Waals surface area contributed by atoms with E-state index >= 15 is 0 Å². The van der Waals surface area contributed by atoms with Crippen molar-refractivity contribution in [2.45, 2.75) is 6.92 Å². The average Bonchev–Trinajstić information content (AvgIpc) is 2.59. The monoisotopic (exact) mass is 289 g/mol. The molecule has 22 heavy (non-hydrogen) atoms. The molecule has 0 radical (unpaired) electrons. The number of nitrogens with one attached hydrogen (secondary N) is 1. The molecule has 1 N–H and O–H groups in total. The Kier molecular flexibility index (Phi) is 3.92. The predicted octanol–water partition coefficient (Wildman–Crippen LogP) is 3.39. The molecule has 0 atom stereocenters. The molecule has 4 heteroatoms. The van der Waals surface area contributed by atoms with E-state index in [4.69, 9.17) is 0 Å². The lowest BCUT2D eigenvalue weighted by Crippen LogP contribution is -2.19. The van der Waals surface area contributed by atoms with E-state index < -0.39 is 0 Å². The van der Waals surface area contributed by atoms with Gasteiger partial charge in [0.15, 0.2) is 0 Å². The summed E-state index contributed by atoms with van der Waals surface area (Å²) in [6, 6.07) is 17.5. The van der Waals surface area contributed by atoms with E-state index in [1.165, 1.54) is 0 Å². The van der Waals surface area contributed by atoms with Crippen LogP contribution in [-0.4, -0.2) is 16.6 Å². The highest BCUT2D eigenvalue weighted by atomic mass is 16.2. The van der Waals surface area contributed by atoms with Gasteiger partial charge >= 0.3 is 0 Å². The first-order valence-corrected chi connectivity index (χ1v) is 6.98. The third-order valence-electron chi connectivity index (χ3n) is 3.45. The summed E-state index contributed by atoms with van der Waals surface area (Å²) in [6.45, 7) is 1.88. The average molecular weight is 289 g/mol. The minimum Gasteiger partial charge on any atom is -0.267 e. The fourth-order valence-electron chi connectivity index (χ4n) is 2.30. The number of carbonyl (C=O) groups is 1. The summed E-state index contributed by atoms with van der Waals surface area (Å²) in [4.78, 5) is 15.9. The van der Waals surface area contributed by atoms with Crippen LogP contribution in [0.3, 0.4) is 0 Å². The van der Waals surface area contributed by atoms with Crippen molar-refractivity contribution >= 4 is 22.4 Å². The summed E-state index contributed by atoms with van der Waals surface area (Å²) >= 11 is 0. The Balaban J connectivity index is 1.86. The molecular weight excluding hydrogens is 274 g/mol. The molecule has 4 nitrogen and oxygen atoms in total. The molecule has 1 amide bonds. The van der Waals surface area contributed by atoms with Gasteiger partial charge in [-0.25, -0.2) is 5.43 Å². The van der Waals surface area contributed by atoms with Crippen molar-refractivity contribution in [3.63, 3.8) is 0 Å². The molecule has 0 fully saturated rings. The Bertz CT molecular complexity index is 836. The van der Waals surface area contributed by atoms with Crippen LogP contribution in [0, 0.1) is 0 Å². The molecule has 1 heterocycles. The maximum absolute atomic E-state index is 12.0. The second-order valence-electron chi connectivity index (χ2n) is 4.90. The molecule has 1 aromatic heterocycles. The molecule has 0 aliphatic rings. The van der Waals surface area contributed by atoms with E-state index in [1.807, 2.05) is 37.3 Å². The molecule has 0 aliphatic heterocycles. The Morgan fingerprint density at radius 1 is 1.00 bits per heavy atom. The highest BCUT2D eigenvalue weighted by molar-refractivity contribution is 6.10. The Hall–Kier alpha value is -3.01. The zero-order valence-electron chi connectivity index (χ0n) is 12.2. The lowest BCUT2D eigenvalue weighted by molar-refractivity contribution is 0.0954. The van der Waals surface area contributed by atoms with Crippen molar-refractivity contribution in [1.82, 2.24) is 10.4 Å². The lowest BCUT2D eigenvalue weighted by Gasteiger charge is -2.06. The van der Waals surface area contributed by atoms with Gasteiger partial charge in [-0.15, -0.1) is 0 Å². The molecule has 2 aromatic carbocycles. The smallest absolute Gasteiger partial charge is 0.267 e. The number of benzene rings is 2. The molecular formula is C18H15N3O. The van der Waals surface area contributed by atoms with Crippen molar-refractivity contribution in [1.29, 1.82) is 0 Å². The molecule has 0 unspecified atom stereocenters. The Morgan fingerprint density at radius 3 is 2.55 bits per heavy atom. The fraction of sp³-hybridized carbons (Fsp3) is 0.0556. The van der Waals surface area contributed by atoms with Gasteiger partial charge < -0.3 is 0 Å². The van der Waals surface area contributed by atoms with E-state index in [0.717, 1.165) is 22.0 Å². The van der Waals surface area contributed by atoms with Crippen molar-refractivity contribution in [2.75, 3.05) is 0 Å². The maximum Gasteiger partial charge on any atom is 0.271 e. The number of hydrazone groups is 1. The van der Waals surface area contributed by atoms with Crippen molar-refractivity contribution in [2.24, 2.45) is 5.10 Å². The van der Waals surface area contributed by atoms with E-state index in [1.54, 1.807) is 24.5 Å². The van der Waals surface area contributed by atoms with Gasteiger partial charge in [-0.3, -0.25) is 9.78 Å². The van der Waals surface area contributed by atoms with Gasteiger partial charge in [-0.2, -0.15) is 5.10 Å². The van der Waals surface area contributed by atoms with Crippen molar-refractivity contribution in [3.05, 3.63) is 78.1 Å². The number of nitrogens with zero attached hydrogens (tertiary/aromatic N) is 2. The van der Waals surface area contributed by atoms with Gasteiger partial charge in [0.2, 0.25) is 0 Å². The molecule has 0 saturated carbocycles. The number of carbonyl (C=O) groups excluding carboxylic acids is 1. The largest absolute Gasteiger partial charge is 0.271 e. The number of pyridine rings is 1. The molecule has 0 bridgehead atoms. The summed E-state index contributed by atoms with van der Waals surface area (Å²) in [5.41, 5.74) is 4.89. The third kappa shape index (κ3) is 2.86. The van der Waals surface area contributed by atoms with E-state index in [9.17, 15) is 4.79 Å². The van der Waals surface area contributed by atoms with Crippen LogP contribution in [0.1, 0.15) is 22.8 Å². The first-order valence-electron chi connectivity index (χ1n) is 6.98. The van der Waals surface area contributed by atoms with E-state index in [-0.39, 0.29) is 5.91 Å². The summed E-state index contributed by atoms with van der Waals surface area (Å²) in [7, 11) is 0. The summed E-state index contributed by atoms with van der Waals surface area (Å²) in [6.07, 6.45) is 3.16. The number of fused-ring (bicyclic) bond motifs is 1. The molecule has 0 spiro atoms. The number of aromatic nitrogens is 1. The zero-order valence-corrected chi connectivity index (χ0v) is 12.2. The van der Waals surface area contributed by atoms with Crippen LogP contribution in [-0.2, 0) is 0 Å².